The summed E-state index contributed by atoms with van der Waals surface area (Å²) in [5, 5.41) is 3.97. The number of carbonyl (C=O) groups excluding carboxylic acids is 1. The van der Waals surface area contributed by atoms with Gasteiger partial charge in [-0.25, -0.2) is 4.39 Å². The normalized spacial score (nSPS) is 10.8. The molecule has 0 aliphatic rings. The van der Waals surface area contributed by atoms with Gasteiger partial charge in [0.2, 0.25) is 0 Å². The van der Waals surface area contributed by atoms with Gasteiger partial charge in [-0.05, 0) is 36.4 Å². The zero-order chi connectivity index (χ0) is 15.0. The van der Waals surface area contributed by atoms with E-state index in [9.17, 15) is 9.18 Å². The number of aromatic amines is 1. The highest BCUT2D eigenvalue weighted by molar-refractivity contribution is 6.42. The highest BCUT2D eigenvalue weighted by Crippen LogP contribution is 2.26. The van der Waals surface area contributed by atoms with E-state index in [1.165, 1.54) is 18.3 Å². The number of H-pyrrole nitrogens is 1. The van der Waals surface area contributed by atoms with Crippen molar-refractivity contribution in [1.82, 2.24) is 4.98 Å². The maximum absolute atomic E-state index is 13.3. The summed E-state index contributed by atoms with van der Waals surface area (Å²) < 4.78 is 13.3. The smallest absolute Gasteiger partial charge is 0.257 e. The molecular weight excluding hydrogens is 314 g/mol. The largest absolute Gasteiger partial charge is 0.360 e. The molecule has 106 valence electrons. The van der Waals surface area contributed by atoms with Gasteiger partial charge in [0.05, 0.1) is 15.6 Å². The highest BCUT2D eigenvalue weighted by atomic mass is 35.5. The summed E-state index contributed by atoms with van der Waals surface area (Å²) in [4.78, 5) is 15.2. The lowest BCUT2D eigenvalue weighted by Crippen LogP contribution is -2.11. The molecule has 3 nitrogen and oxygen atoms in total. The number of hydrogen-bond acceptors (Lipinski definition) is 1. The molecule has 3 aromatic rings. The monoisotopic (exact) mass is 322 g/mol. The third-order valence-electron chi connectivity index (χ3n) is 3.07. The fourth-order valence-corrected chi connectivity index (χ4v) is 2.35. The first-order valence-corrected chi connectivity index (χ1v) is 6.83. The summed E-state index contributed by atoms with van der Waals surface area (Å²) in [5.41, 5.74) is 1.56. The molecule has 0 saturated heterocycles. The SMILES string of the molecule is O=C(Nc1ccc(Cl)c(Cl)c1)c1c[nH]c2ccc(F)cc12. The third-order valence-corrected chi connectivity index (χ3v) is 3.80. The Kier molecular flexibility index (Phi) is 3.57. The van der Waals surface area contributed by atoms with Gasteiger partial charge in [-0.3, -0.25) is 4.79 Å². The van der Waals surface area contributed by atoms with Gasteiger partial charge in [-0.1, -0.05) is 23.2 Å². The van der Waals surface area contributed by atoms with Crippen LogP contribution in [0.1, 0.15) is 10.4 Å². The topological polar surface area (TPSA) is 44.9 Å². The molecule has 0 bridgehead atoms. The van der Waals surface area contributed by atoms with E-state index in [2.05, 4.69) is 10.3 Å². The van der Waals surface area contributed by atoms with Crippen LogP contribution < -0.4 is 5.32 Å². The van der Waals surface area contributed by atoms with Crippen LogP contribution in [0.15, 0.2) is 42.6 Å². The fraction of sp³-hybridized carbons (Fsp3) is 0. The van der Waals surface area contributed by atoms with Crippen LogP contribution in [0.25, 0.3) is 10.9 Å². The molecular formula is C15H9Cl2FN2O. The van der Waals surface area contributed by atoms with Gasteiger partial charge in [-0.2, -0.15) is 0 Å². The Labute approximate surface area is 129 Å². The van der Waals surface area contributed by atoms with E-state index in [0.29, 0.717) is 32.2 Å². The highest BCUT2D eigenvalue weighted by Gasteiger charge is 2.13. The number of amides is 1. The first-order valence-electron chi connectivity index (χ1n) is 6.07. The van der Waals surface area contributed by atoms with E-state index < -0.39 is 5.82 Å². The van der Waals surface area contributed by atoms with Gasteiger partial charge in [0, 0.05) is 22.8 Å². The van der Waals surface area contributed by atoms with Gasteiger partial charge in [0.1, 0.15) is 5.82 Å². The number of aromatic nitrogens is 1. The Morgan fingerprint density at radius 1 is 1.10 bits per heavy atom. The predicted octanol–water partition coefficient (Wildman–Crippen LogP) is 4.87. The van der Waals surface area contributed by atoms with Crippen molar-refractivity contribution in [3.63, 3.8) is 0 Å². The first-order chi connectivity index (χ1) is 10.0. The second-order valence-corrected chi connectivity index (χ2v) is 5.29. The second-order valence-electron chi connectivity index (χ2n) is 4.48. The van der Waals surface area contributed by atoms with Crippen molar-refractivity contribution in [3.8, 4) is 0 Å². The van der Waals surface area contributed by atoms with Crippen LogP contribution in [0.4, 0.5) is 10.1 Å². The van der Waals surface area contributed by atoms with Crippen molar-refractivity contribution in [3.05, 3.63) is 64.0 Å². The second kappa shape index (κ2) is 5.39. The Balaban J connectivity index is 1.93. The molecule has 1 amide bonds. The summed E-state index contributed by atoms with van der Waals surface area (Å²) in [7, 11) is 0. The number of carbonyl (C=O) groups is 1. The molecule has 21 heavy (non-hydrogen) atoms. The first kappa shape index (κ1) is 13.9. The number of anilines is 1. The van der Waals surface area contributed by atoms with E-state index in [-0.39, 0.29) is 5.91 Å². The van der Waals surface area contributed by atoms with E-state index >= 15 is 0 Å². The zero-order valence-corrected chi connectivity index (χ0v) is 12.1. The third kappa shape index (κ3) is 2.73. The molecule has 0 aliphatic carbocycles. The summed E-state index contributed by atoms with van der Waals surface area (Å²) in [5.74, 6) is -0.754. The van der Waals surface area contributed by atoms with Crippen molar-refractivity contribution in [2.24, 2.45) is 0 Å². The van der Waals surface area contributed by atoms with Crippen molar-refractivity contribution >= 4 is 45.7 Å². The Hall–Kier alpha value is -2.04. The van der Waals surface area contributed by atoms with Crippen molar-refractivity contribution in [2.45, 2.75) is 0 Å². The molecule has 2 N–H and O–H groups in total. The van der Waals surface area contributed by atoms with Crippen molar-refractivity contribution < 1.29 is 9.18 Å². The number of benzene rings is 2. The molecule has 0 atom stereocenters. The minimum Gasteiger partial charge on any atom is -0.360 e. The minimum atomic E-state index is -0.398. The molecule has 3 rings (SSSR count). The summed E-state index contributed by atoms with van der Waals surface area (Å²) >= 11 is 11.7. The molecule has 6 heteroatoms. The lowest BCUT2D eigenvalue weighted by Gasteiger charge is -2.05. The number of fused-ring (bicyclic) bond motifs is 1. The summed E-state index contributed by atoms with van der Waals surface area (Å²) in [6.45, 7) is 0. The van der Waals surface area contributed by atoms with Gasteiger partial charge in [-0.15, -0.1) is 0 Å². The average molecular weight is 323 g/mol. The van der Waals surface area contributed by atoms with Gasteiger partial charge < -0.3 is 10.3 Å². The predicted molar refractivity (Wildman–Crippen MR) is 82.7 cm³/mol. The molecule has 0 saturated carbocycles. The lowest BCUT2D eigenvalue weighted by atomic mass is 10.1. The average Bonchev–Trinajstić information content (AvgIpc) is 2.86. The van der Waals surface area contributed by atoms with Crippen LogP contribution in [0.5, 0.6) is 0 Å². The molecule has 0 fully saturated rings. The maximum atomic E-state index is 13.3. The van der Waals surface area contributed by atoms with Crippen LogP contribution >= 0.6 is 23.2 Å². The van der Waals surface area contributed by atoms with Gasteiger partial charge in [0.25, 0.3) is 5.91 Å². The van der Waals surface area contributed by atoms with Crippen LogP contribution in [0, 0.1) is 5.82 Å². The van der Waals surface area contributed by atoms with Crippen LogP contribution in [-0.4, -0.2) is 10.9 Å². The van der Waals surface area contributed by atoms with Gasteiger partial charge in [0.15, 0.2) is 0 Å². The fourth-order valence-electron chi connectivity index (χ4n) is 2.05. The number of rotatable bonds is 2. The number of halogens is 3. The quantitative estimate of drug-likeness (QED) is 0.694. The Morgan fingerprint density at radius 3 is 2.67 bits per heavy atom. The standard InChI is InChI=1S/C15H9Cl2FN2O/c16-12-3-2-9(6-13(12)17)20-15(21)11-7-19-14-4-1-8(18)5-10(11)14/h1-7,19H,(H,20,21). The minimum absolute atomic E-state index is 0.347. The number of hydrogen-bond donors (Lipinski definition) is 2. The van der Waals surface area contributed by atoms with Gasteiger partial charge >= 0.3 is 0 Å². The molecule has 1 aromatic heterocycles. The zero-order valence-electron chi connectivity index (χ0n) is 10.6. The lowest BCUT2D eigenvalue weighted by molar-refractivity contribution is 0.102. The molecule has 1 heterocycles. The molecule has 0 aliphatic heterocycles. The van der Waals surface area contributed by atoms with Crippen LogP contribution in [0.2, 0.25) is 10.0 Å². The van der Waals surface area contributed by atoms with Crippen LogP contribution in [-0.2, 0) is 0 Å². The van der Waals surface area contributed by atoms with Crippen LogP contribution in [0.3, 0.4) is 0 Å². The molecule has 0 unspecified atom stereocenters. The maximum Gasteiger partial charge on any atom is 0.257 e. The molecule has 0 spiro atoms. The summed E-state index contributed by atoms with van der Waals surface area (Å²) in [6.07, 6.45) is 1.54. The van der Waals surface area contributed by atoms with E-state index in [4.69, 9.17) is 23.2 Å². The molecule has 2 aromatic carbocycles. The van der Waals surface area contributed by atoms with E-state index in [1.54, 1.807) is 24.3 Å². The molecule has 0 radical (unpaired) electrons. The van der Waals surface area contributed by atoms with E-state index in [1.807, 2.05) is 0 Å². The Bertz CT molecular complexity index is 845. The van der Waals surface area contributed by atoms with Crippen molar-refractivity contribution in [2.75, 3.05) is 5.32 Å². The Morgan fingerprint density at radius 2 is 1.90 bits per heavy atom. The van der Waals surface area contributed by atoms with E-state index in [0.717, 1.165) is 0 Å². The number of nitrogens with one attached hydrogen (secondary N) is 2. The summed E-state index contributed by atoms with van der Waals surface area (Å²) in [6, 6.07) is 9.02. The van der Waals surface area contributed by atoms with Crippen molar-refractivity contribution in [1.29, 1.82) is 0 Å².